The monoisotopic (exact) mass is 354 g/mol. The molecular weight excluding hydrogens is 328 g/mol. The van der Waals surface area contributed by atoms with Gasteiger partial charge in [0.15, 0.2) is 0 Å². The van der Waals surface area contributed by atoms with Crippen LogP contribution in [0.4, 0.5) is 0 Å². The third-order valence-corrected chi connectivity index (χ3v) is 5.69. The minimum atomic E-state index is -0.624. The maximum Gasteiger partial charge on any atom is 0.133 e. The maximum absolute atomic E-state index is 10.4. The second-order valence-corrected chi connectivity index (χ2v) is 7.97. The molecule has 2 aliphatic rings. The molecule has 2 aromatic rings. The lowest BCUT2D eigenvalue weighted by Crippen LogP contribution is -2.34. The molecule has 1 saturated carbocycles. The Morgan fingerprint density at radius 1 is 1.15 bits per heavy atom. The van der Waals surface area contributed by atoms with E-state index in [1.807, 2.05) is 30.3 Å². The highest BCUT2D eigenvalue weighted by Gasteiger charge is 2.48. The summed E-state index contributed by atoms with van der Waals surface area (Å²) in [4.78, 5) is 6.45. The molecule has 4 atom stereocenters. The van der Waals surface area contributed by atoms with Crippen LogP contribution in [0.1, 0.15) is 31.6 Å². The number of rotatable bonds is 5. The number of β-amino-alcohol motifs (C(OH)–C–C–N with tert-alkyl or cyclic N) is 1. The number of nitrogens with zero attached hydrogens (tertiary/aromatic N) is 2. The molecule has 5 nitrogen and oxygen atoms in total. The predicted molar refractivity (Wildman–Crippen MR) is 99.0 cm³/mol. The van der Waals surface area contributed by atoms with Crippen molar-refractivity contribution >= 4 is 0 Å². The highest BCUT2D eigenvalue weighted by molar-refractivity contribution is 5.23. The number of hydrogen-bond donors (Lipinski definition) is 2. The molecule has 1 aliphatic heterocycles. The van der Waals surface area contributed by atoms with E-state index in [0.717, 1.165) is 31.7 Å². The molecule has 0 bridgehead atoms. The molecule has 1 aliphatic carbocycles. The highest BCUT2D eigenvalue weighted by Crippen LogP contribution is 2.46. The van der Waals surface area contributed by atoms with Gasteiger partial charge in [-0.1, -0.05) is 18.2 Å². The fourth-order valence-corrected chi connectivity index (χ4v) is 4.63. The standard InChI is InChI=1S/C21H26N2O3/c1-21(26-18-5-3-2-4-6-18)9-15-12-23(13-16(15)10-21)14-20(25)19-8-7-17(24)11-22-19/h2-8,11,15-16,20,24-25H,9-10,12-14H2,1H3/t15-,16+,20-,21?/m0/s1. The molecule has 2 N–H and O–H groups in total. The molecule has 1 saturated heterocycles. The van der Waals surface area contributed by atoms with Crippen molar-refractivity contribution in [1.29, 1.82) is 0 Å². The lowest BCUT2D eigenvalue weighted by molar-refractivity contribution is 0.0736. The summed E-state index contributed by atoms with van der Waals surface area (Å²) in [5.41, 5.74) is 0.511. The fourth-order valence-electron chi connectivity index (χ4n) is 4.63. The smallest absolute Gasteiger partial charge is 0.133 e. The van der Waals surface area contributed by atoms with Crippen LogP contribution in [0.15, 0.2) is 48.7 Å². The van der Waals surface area contributed by atoms with Gasteiger partial charge in [-0.25, -0.2) is 0 Å². The van der Waals surface area contributed by atoms with E-state index in [-0.39, 0.29) is 11.4 Å². The van der Waals surface area contributed by atoms with E-state index in [4.69, 9.17) is 4.74 Å². The van der Waals surface area contributed by atoms with Crippen LogP contribution in [0.25, 0.3) is 0 Å². The number of pyridine rings is 1. The molecule has 26 heavy (non-hydrogen) atoms. The van der Waals surface area contributed by atoms with Crippen molar-refractivity contribution in [2.75, 3.05) is 19.6 Å². The van der Waals surface area contributed by atoms with Crippen molar-refractivity contribution in [2.24, 2.45) is 11.8 Å². The lowest BCUT2D eigenvalue weighted by atomic mass is 10.0. The van der Waals surface area contributed by atoms with Gasteiger partial charge in [0.05, 0.1) is 11.9 Å². The van der Waals surface area contributed by atoms with Crippen molar-refractivity contribution in [3.63, 3.8) is 0 Å². The topological polar surface area (TPSA) is 65.8 Å². The van der Waals surface area contributed by atoms with Crippen LogP contribution >= 0.6 is 0 Å². The number of ether oxygens (including phenoxy) is 1. The van der Waals surface area contributed by atoms with Crippen molar-refractivity contribution in [1.82, 2.24) is 9.88 Å². The first kappa shape index (κ1) is 17.3. The van der Waals surface area contributed by atoms with Crippen molar-refractivity contribution in [2.45, 2.75) is 31.5 Å². The Balaban J connectivity index is 1.32. The van der Waals surface area contributed by atoms with Gasteiger partial charge < -0.3 is 14.9 Å². The molecule has 0 spiro atoms. The number of aliphatic hydroxyl groups excluding tert-OH is 1. The van der Waals surface area contributed by atoms with Gasteiger partial charge in [0.2, 0.25) is 0 Å². The summed E-state index contributed by atoms with van der Waals surface area (Å²) < 4.78 is 6.29. The Morgan fingerprint density at radius 3 is 2.46 bits per heavy atom. The Hall–Kier alpha value is -2.11. The maximum atomic E-state index is 10.4. The zero-order valence-electron chi connectivity index (χ0n) is 15.1. The largest absolute Gasteiger partial charge is 0.506 e. The SMILES string of the molecule is CC1(Oc2ccccc2)C[C@H]2CN(C[C@H](O)c3ccc(O)cn3)C[C@H]2C1. The molecule has 1 aromatic carbocycles. The summed E-state index contributed by atoms with van der Waals surface area (Å²) >= 11 is 0. The summed E-state index contributed by atoms with van der Waals surface area (Å²) in [6.45, 7) is 4.79. The van der Waals surface area contributed by atoms with E-state index in [1.54, 1.807) is 12.1 Å². The Labute approximate surface area is 154 Å². The van der Waals surface area contributed by atoms with Crippen LogP contribution in [0.3, 0.4) is 0 Å². The van der Waals surface area contributed by atoms with E-state index < -0.39 is 6.10 Å². The number of fused-ring (bicyclic) bond motifs is 1. The van der Waals surface area contributed by atoms with Crippen LogP contribution < -0.4 is 4.74 Å². The number of benzene rings is 1. The average Bonchev–Trinajstić information content (AvgIpc) is 3.10. The minimum Gasteiger partial charge on any atom is -0.506 e. The molecule has 1 aromatic heterocycles. The van der Waals surface area contributed by atoms with Crippen LogP contribution in [0.2, 0.25) is 0 Å². The lowest BCUT2D eigenvalue weighted by Gasteiger charge is -2.29. The van der Waals surface area contributed by atoms with Crippen LogP contribution in [0.5, 0.6) is 11.5 Å². The van der Waals surface area contributed by atoms with Gasteiger partial charge in [-0.2, -0.15) is 0 Å². The third-order valence-electron chi connectivity index (χ3n) is 5.69. The Morgan fingerprint density at radius 2 is 1.85 bits per heavy atom. The van der Waals surface area contributed by atoms with Gasteiger partial charge in [0, 0.05) is 19.6 Å². The Bertz CT molecular complexity index is 721. The average molecular weight is 354 g/mol. The summed E-state index contributed by atoms with van der Waals surface area (Å²) in [6.07, 6.45) is 2.86. The second-order valence-electron chi connectivity index (χ2n) is 7.97. The number of aliphatic hydroxyl groups is 1. The van der Waals surface area contributed by atoms with E-state index in [1.165, 1.54) is 6.20 Å². The van der Waals surface area contributed by atoms with Crippen molar-refractivity contribution in [3.8, 4) is 11.5 Å². The molecule has 1 unspecified atom stereocenters. The molecule has 4 rings (SSSR count). The number of para-hydroxylation sites is 1. The van der Waals surface area contributed by atoms with E-state index in [9.17, 15) is 10.2 Å². The first-order valence-electron chi connectivity index (χ1n) is 9.30. The highest BCUT2D eigenvalue weighted by atomic mass is 16.5. The third kappa shape index (κ3) is 3.69. The normalized spacial score (nSPS) is 29.5. The molecule has 2 heterocycles. The fraction of sp³-hybridized carbons (Fsp3) is 0.476. The van der Waals surface area contributed by atoms with Gasteiger partial charge in [0.1, 0.15) is 23.2 Å². The molecule has 5 heteroatoms. The predicted octanol–water partition coefficient (Wildman–Crippen LogP) is 3.00. The second kappa shape index (κ2) is 6.89. The summed E-state index contributed by atoms with van der Waals surface area (Å²) in [5.74, 6) is 2.29. The molecule has 138 valence electrons. The zero-order chi connectivity index (χ0) is 18.1. The summed E-state index contributed by atoms with van der Waals surface area (Å²) in [7, 11) is 0. The van der Waals surface area contributed by atoms with Crippen LogP contribution in [-0.2, 0) is 0 Å². The summed E-state index contributed by atoms with van der Waals surface area (Å²) in [6, 6.07) is 13.3. The number of aromatic hydroxyl groups is 1. The number of likely N-dealkylation sites (tertiary alicyclic amines) is 1. The Kier molecular flexibility index (Phi) is 4.59. The summed E-state index contributed by atoms with van der Waals surface area (Å²) in [5, 5.41) is 19.7. The molecular formula is C21H26N2O3. The number of hydrogen-bond acceptors (Lipinski definition) is 5. The minimum absolute atomic E-state index is 0.0973. The molecule has 2 fully saturated rings. The zero-order valence-corrected chi connectivity index (χ0v) is 15.1. The van der Waals surface area contributed by atoms with Gasteiger partial charge >= 0.3 is 0 Å². The van der Waals surface area contributed by atoms with Gasteiger partial charge in [-0.3, -0.25) is 9.88 Å². The van der Waals surface area contributed by atoms with Gasteiger partial charge in [-0.15, -0.1) is 0 Å². The molecule has 0 amide bonds. The van der Waals surface area contributed by atoms with Crippen LogP contribution in [0, 0.1) is 11.8 Å². The van der Waals surface area contributed by atoms with Gasteiger partial charge in [-0.05, 0) is 55.9 Å². The van der Waals surface area contributed by atoms with Crippen molar-refractivity contribution in [3.05, 3.63) is 54.4 Å². The van der Waals surface area contributed by atoms with Gasteiger partial charge in [0.25, 0.3) is 0 Å². The number of aromatic nitrogens is 1. The van der Waals surface area contributed by atoms with E-state index in [2.05, 4.69) is 16.8 Å². The van der Waals surface area contributed by atoms with E-state index >= 15 is 0 Å². The van der Waals surface area contributed by atoms with E-state index in [0.29, 0.717) is 24.1 Å². The van der Waals surface area contributed by atoms with Crippen molar-refractivity contribution < 1.29 is 14.9 Å². The first-order chi connectivity index (χ1) is 12.5. The quantitative estimate of drug-likeness (QED) is 0.864. The van der Waals surface area contributed by atoms with Crippen LogP contribution in [-0.4, -0.2) is 45.3 Å². The first-order valence-corrected chi connectivity index (χ1v) is 9.30. The molecule has 0 radical (unpaired) electrons.